The number of nitrogens with zero attached hydrogens (tertiary/aromatic N) is 4. The van der Waals surface area contributed by atoms with Crippen LogP contribution in [-0.2, 0) is 4.74 Å². The van der Waals surface area contributed by atoms with Crippen LogP contribution < -0.4 is 0 Å². The van der Waals surface area contributed by atoms with E-state index in [-0.39, 0.29) is 12.3 Å². The second-order valence-electron chi connectivity index (χ2n) is 5.30. The van der Waals surface area contributed by atoms with Crippen molar-refractivity contribution in [1.29, 1.82) is 0 Å². The molecule has 1 aliphatic heterocycles. The van der Waals surface area contributed by atoms with E-state index in [2.05, 4.69) is 58.3 Å². The molecule has 0 radical (unpaired) electrons. The molecule has 0 aromatic carbocycles. The number of imidazole rings is 1. The predicted molar refractivity (Wildman–Crippen MR) is 85.6 cm³/mol. The zero-order valence-corrected chi connectivity index (χ0v) is 14.5. The Hall–Kier alpha value is -0.470. The lowest BCUT2D eigenvalue weighted by Gasteiger charge is -2.18. The Morgan fingerprint density at radius 2 is 2.10 bits per heavy atom. The van der Waals surface area contributed by atoms with Gasteiger partial charge in [0.15, 0.2) is 14.6 Å². The summed E-state index contributed by atoms with van der Waals surface area (Å²) in [6.45, 7) is 6.61. The summed E-state index contributed by atoms with van der Waals surface area (Å²) in [5.74, 6) is 0.919. The molecule has 0 N–H and O–H groups in total. The normalized spacial score (nSPS) is 30.2. The van der Waals surface area contributed by atoms with Crippen molar-refractivity contribution in [3.63, 3.8) is 0 Å². The zero-order valence-electron chi connectivity index (χ0n) is 11.5. The van der Waals surface area contributed by atoms with Crippen LogP contribution >= 0.6 is 34.2 Å². The second kappa shape index (κ2) is 5.38. The minimum absolute atomic E-state index is 0.0401. The van der Waals surface area contributed by atoms with Gasteiger partial charge in [-0.15, -0.1) is 0 Å². The van der Waals surface area contributed by atoms with Crippen LogP contribution in [-0.4, -0.2) is 25.6 Å². The molecule has 0 spiro atoms. The molecule has 5 nitrogen and oxygen atoms in total. The highest BCUT2D eigenvalue weighted by Crippen LogP contribution is 2.41. The van der Waals surface area contributed by atoms with E-state index in [9.17, 15) is 0 Å². The van der Waals surface area contributed by atoms with E-state index in [4.69, 9.17) is 16.3 Å². The van der Waals surface area contributed by atoms with Gasteiger partial charge in [0.25, 0.3) is 0 Å². The Morgan fingerprint density at radius 1 is 1.35 bits per heavy atom. The van der Waals surface area contributed by atoms with Gasteiger partial charge in [-0.2, -0.15) is 0 Å². The van der Waals surface area contributed by atoms with Crippen LogP contribution in [0.5, 0.6) is 0 Å². The third-order valence-corrected chi connectivity index (χ3v) is 4.95. The van der Waals surface area contributed by atoms with E-state index in [0.717, 1.165) is 12.1 Å². The summed E-state index contributed by atoms with van der Waals surface area (Å²) in [6, 6.07) is 0. The maximum absolute atomic E-state index is 6.18. The van der Waals surface area contributed by atoms with E-state index < -0.39 is 0 Å². The predicted octanol–water partition coefficient (Wildman–Crippen LogP) is 3.66. The van der Waals surface area contributed by atoms with Gasteiger partial charge < -0.3 is 4.74 Å². The van der Waals surface area contributed by atoms with Crippen LogP contribution in [0.15, 0.2) is 6.33 Å². The number of hydrogen-bond donors (Lipinski definition) is 0. The van der Waals surface area contributed by atoms with Gasteiger partial charge in [0.2, 0.25) is 0 Å². The summed E-state index contributed by atoms with van der Waals surface area (Å²) in [4.78, 5) is 12.9. The molecule has 20 heavy (non-hydrogen) atoms. The van der Waals surface area contributed by atoms with E-state index in [0.29, 0.717) is 26.3 Å². The molecule has 3 rings (SSSR count). The SMILES string of the molecule is CC[C@H]1O[C@@H](n2cnc3c(Cl)nc(I)nc32)[C@H](C)[C@@H]1C. The van der Waals surface area contributed by atoms with Crippen LogP contribution in [0.1, 0.15) is 33.4 Å². The van der Waals surface area contributed by atoms with Crippen LogP contribution in [0.2, 0.25) is 5.15 Å². The summed E-state index contributed by atoms with van der Waals surface area (Å²) in [5, 5.41) is 0.392. The maximum atomic E-state index is 6.18. The lowest BCUT2D eigenvalue weighted by molar-refractivity contribution is -0.0120. The first-order chi connectivity index (χ1) is 9.52. The van der Waals surface area contributed by atoms with Crippen molar-refractivity contribution >= 4 is 45.4 Å². The topological polar surface area (TPSA) is 52.8 Å². The summed E-state index contributed by atoms with van der Waals surface area (Å²) in [5.41, 5.74) is 1.38. The number of rotatable bonds is 2. The average molecular weight is 407 g/mol. The molecule has 1 saturated heterocycles. The molecular formula is C13H16ClIN4O. The van der Waals surface area contributed by atoms with Crippen molar-refractivity contribution in [3.05, 3.63) is 15.3 Å². The van der Waals surface area contributed by atoms with Gasteiger partial charge in [-0.05, 0) is 12.3 Å². The molecule has 1 fully saturated rings. The number of halogens is 2. The Morgan fingerprint density at radius 3 is 2.75 bits per heavy atom. The van der Waals surface area contributed by atoms with Crippen LogP contribution in [0.4, 0.5) is 0 Å². The third-order valence-electron chi connectivity index (χ3n) is 4.21. The highest BCUT2D eigenvalue weighted by Gasteiger charge is 2.39. The lowest BCUT2D eigenvalue weighted by atomic mass is 9.91. The van der Waals surface area contributed by atoms with Gasteiger partial charge in [0.1, 0.15) is 11.7 Å². The summed E-state index contributed by atoms with van der Waals surface area (Å²) in [6.07, 6.45) is 3.01. The van der Waals surface area contributed by atoms with Crippen molar-refractivity contribution in [3.8, 4) is 0 Å². The molecule has 4 atom stereocenters. The standard InChI is InChI=1S/C13H16ClIN4O/c1-4-8-6(2)7(3)12(20-8)19-5-16-9-10(14)17-13(15)18-11(9)19/h5-8,12H,4H2,1-3H3/t6-,7+,8+,12+/m0/s1. The number of ether oxygens (including phenoxy) is 1. The molecule has 0 amide bonds. The van der Waals surface area contributed by atoms with E-state index in [1.165, 1.54) is 0 Å². The highest BCUT2D eigenvalue weighted by molar-refractivity contribution is 14.1. The molecule has 0 saturated carbocycles. The fraction of sp³-hybridized carbons (Fsp3) is 0.615. The largest absolute Gasteiger partial charge is 0.354 e. The van der Waals surface area contributed by atoms with Gasteiger partial charge in [-0.1, -0.05) is 32.4 Å². The van der Waals surface area contributed by atoms with Gasteiger partial charge in [0, 0.05) is 28.5 Å². The minimum Gasteiger partial charge on any atom is -0.354 e. The molecule has 2 aromatic rings. The lowest BCUT2D eigenvalue weighted by Crippen LogP contribution is -2.15. The fourth-order valence-electron chi connectivity index (χ4n) is 2.86. The maximum Gasteiger partial charge on any atom is 0.194 e. The first-order valence-corrected chi connectivity index (χ1v) is 8.19. The van der Waals surface area contributed by atoms with Crippen molar-refractivity contribution in [2.75, 3.05) is 0 Å². The van der Waals surface area contributed by atoms with Crippen LogP contribution in [0.25, 0.3) is 11.2 Å². The smallest absolute Gasteiger partial charge is 0.194 e. The zero-order chi connectivity index (χ0) is 14.4. The molecule has 3 heterocycles. The first-order valence-electron chi connectivity index (χ1n) is 6.74. The Balaban J connectivity index is 2.07. The van der Waals surface area contributed by atoms with Crippen molar-refractivity contribution in [2.24, 2.45) is 11.8 Å². The van der Waals surface area contributed by atoms with Crippen molar-refractivity contribution < 1.29 is 4.74 Å². The highest BCUT2D eigenvalue weighted by atomic mass is 127. The first kappa shape index (κ1) is 14.5. The number of hydrogen-bond acceptors (Lipinski definition) is 4. The summed E-state index contributed by atoms with van der Waals surface area (Å²) >= 11 is 8.19. The van der Waals surface area contributed by atoms with Gasteiger partial charge in [-0.3, -0.25) is 4.57 Å². The minimum atomic E-state index is -0.0401. The molecule has 0 bridgehead atoms. The average Bonchev–Trinajstić information content (AvgIpc) is 2.93. The van der Waals surface area contributed by atoms with E-state index >= 15 is 0 Å². The summed E-state index contributed by atoms with van der Waals surface area (Å²) < 4.78 is 8.79. The molecule has 1 aliphatic rings. The quantitative estimate of drug-likeness (QED) is 0.434. The van der Waals surface area contributed by atoms with Crippen LogP contribution in [0.3, 0.4) is 0 Å². The molecule has 7 heteroatoms. The molecule has 2 aromatic heterocycles. The Kier molecular flexibility index (Phi) is 3.89. The molecule has 0 unspecified atom stereocenters. The monoisotopic (exact) mass is 406 g/mol. The number of aromatic nitrogens is 4. The van der Waals surface area contributed by atoms with Gasteiger partial charge >= 0.3 is 0 Å². The third kappa shape index (κ3) is 2.21. The molecule has 108 valence electrons. The summed E-state index contributed by atoms with van der Waals surface area (Å²) in [7, 11) is 0. The fourth-order valence-corrected chi connectivity index (χ4v) is 3.68. The van der Waals surface area contributed by atoms with Crippen LogP contribution in [0, 0.1) is 15.7 Å². The van der Waals surface area contributed by atoms with Gasteiger partial charge in [0.05, 0.1) is 12.4 Å². The second-order valence-corrected chi connectivity index (χ2v) is 6.62. The molecular weight excluding hydrogens is 391 g/mol. The van der Waals surface area contributed by atoms with Gasteiger partial charge in [-0.25, -0.2) is 15.0 Å². The number of fused-ring (bicyclic) bond motifs is 1. The van der Waals surface area contributed by atoms with Crippen molar-refractivity contribution in [1.82, 2.24) is 19.5 Å². The van der Waals surface area contributed by atoms with E-state index in [1.807, 2.05) is 4.57 Å². The molecule has 0 aliphatic carbocycles. The van der Waals surface area contributed by atoms with E-state index in [1.54, 1.807) is 6.33 Å². The van der Waals surface area contributed by atoms with Crippen molar-refractivity contribution in [2.45, 2.75) is 39.5 Å². The Bertz CT molecular complexity index is 647. The Labute approximate surface area is 136 Å².